The van der Waals surface area contributed by atoms with Gasteiger partial charge in [0.25, 0.3) is 5.91 Å². The summed E-state index contributed by atoms with van der Waals surface area (Å²) >= 11 is 11.9. The molecular formula is C21H21Cl2FN2O3. The number of ether oxygens (including phenoxy) is 1. The molecule has 1 aliphatic rings. The quantitative estimate of drug-likeness (QED) is 0.712. The maximum Gasteiger partial charge on any atom is 0.260 e. The lowest BCUT2D eigenvalue weighted by atomic mass is 10.1. The third kappa shape index (κ3) is 6.08. The van der Waals surface area contributed by atoms with E-state index in [9.17, 15) is 14.0 Å². The summed E-state index contributed by atoms with van der Waals surface area (Å²) in [7, 11) is 0. The summed E-state index contributed by atoms with van der Waals surface area (Å²) in [6.07, 6.45) is 0.898. The SMILES string of the molecule is O=C(COc1ccc(Cl)cc1Cl)N1CCCN(C(=O)Cc2ccc(F)cc2)CC1. The van der Waals surface area contributed by atoms with Gasteiger partial charge >= 0.3 is 0 Å². The maximum absolute atomic E-state index is 13.0. The largest absolute Gasteiger partial charge is 0.482 e. The van der Waals surface area contributed by atoms with Crippen LogP contribution in [0, 0.1) is 5.82 Å². The number of hydrogen-bond acceptors (Lipinski definition) is 3. The summed E-state index contributed by atoms with van der Waals surface area (Å²) in [4.78, 5) is 28.5. The molecule has 0 spiro atoms. The highest BCUT2D eigenvalue weighted by molar-refractivity contribution is 6.35. The first-order valence-corrected chi connectivity index (χ1v) is 10.1. The smallest absolute Gasteiger partial charge is 0.260 e. The van der Waals surface area contributed by atoms with Crippen molar-refractivity contribution in [2.24, 2.45) is 0 Å². The molecule has 1 saturated heterocycles. The lowest BCUT2D eigenvalue weighted by molar-refractivity contribution is -0.134. The Morgan fingerprint density at radius 1 is 0.931 bits per heavy atom. The van der Waals surface area contributed by atoms with Gasteiger partial charge in [0.2, 0.25) is 5.91 Å². The van der Waals surface area contributed by atoms with E-state index in [0.29, 0.717) is 48.4 Å². The van der Waals surface area contributed by atoms with E-state index in [1.54, 1.807) is 40.1 Å². The number of benzene rings is 2. The first-order valence-electron chi connectivity index (χ1n) is 9.30. The van der Waals surface area contributed by atoms with E-state index in [4.69, 9.17) is 27.9 Å². The first-order chi connectivity index (χ1) is 13.9. The van der Waals surface area contributed by atoms with E-state index in [1.165, 1.54) is 12.1 Å². The van der Waals surface area contributed by atoms with Crippen molar-refractivity contribution in [3.63, 3.8) is 0 Å². The summed E-state index contributed by atoms with van der Waals surface area (Å²) in [6.45, 7) is 1.88. The van der Waals surface area contributed by atoms with E-state index < -0.39 is 0 Å². The predicted molar refractivity (Wildman–Crippen MR) is 110 cm³/mol. The van der Waals surface area contributed by atoms with Gasteiger partial charge in [-0.15, -0.1) is 0 Å². The highest BCUT2D eigenvalue weighted by Gasteiger charge is 2.22. The Bertz CT molecular complexity index is 877. The van der Waals surface area contributed by atoms with Crippen molar-refractivity contribution in [2.75, 3.05) is 32.8 Å². The molecule has 0 atom stereocenters. The number of carbonyl (C=O) groups excluding carboxylic acids is 2. The Balaban J connectivity index is 1.50. The van der Waals surface area contributed by atoms with Crippen molar-refractivity contribution in [3.05, 3.63) is 63.9 Å². The van der Waals surface area contributed by atoms with Crippen LogP contribution < -0.4 is 4.74 Å². The highest BCUT2D eigenvalue weighted by Crippen LogP contribution is 2.27. The molecule has 0 N–H and O–H groups in total. The molecule has 2 aromatic rings. The normalized spacial score (nSPS) is 14.4. The van der Waals surface area contributed by atoms with Gasteiger partial charge in [-0.3, -0.25) is 9.59 Å². The average molecular weight is 439 g/mol. The molecule has 0 aromatic heterocycles. The second-order valence-corrected chi connectivity index (χ2v) is 7.63. The standard InChI is InChI=1S/C21H21Cl2FN2O3/c22-16-4-7-19(18(23)13-16)29-14-21(28)26-9-1-8-25(10-11-26)20(27)12-15-2-5-17(24)6-3-15/h2-7,13H,1,8-12,14H2. The summed E-state index contributed by atoms with van der Waals surface area (Å²) in [5.41, 5.74) is 0.766. The van der Waals surface area contributed by atoms with Gasteiger partial charge in [0, 0.05) is 31.2 Å². The van der Waals surface area contributed by atoms with Crippen LogP contribution in [0.2, 0.25) is 10.0 Å². The molecule has 3 rings (SSSR count). The molecule has 154 valence electrons. The number of rotatable bonds is 5. The van der Waals surface area contributed by atoms with Gasteiger partial charge in [0.15, 0.2) is 6.61 Å². The van der Waals surface area contributed by atoms with Crippen molar-refractivity contribution in [2.45, 2.75) is 12.8 Å². The highest BCUT2D eigenvalue weighted by atomic mass is 35.5. The monoisotopic (exact) mass is 438 g/mol. The molecular weight excluding hydrogens is 418 g/mol. The second kappa shape index (κ2) is 9.94. The fourth-order valence-corrected chi connectivity index (χ4v) is 3.59. The van der Waals surface area contributed by atoms with Crippen LogP contribution in [0.4, 0.5) is 4.39 Å². The zero-order valence-corrected chi connectivity index (χ0v) is 17.3. The molecule has 29 heavy (non-hydrogen) atoms. The molecule has 1 heterocycles. The van der Waals surface area contributed by atoms with E-state index in [1.807, 2.05) is 0 Å². The number of carbonyl (C=O) groups is 2. The fraction of sp³-hybridized carbons (Fsp3) is 0.333. The molecule has 0 aliphatic carbocycles. The molecule has 0 bridgehead atoms. The number of amides is 2. The summed E-state index contributed by atoms with van der Waals surface area (Å²) in [6, 6.07) is 10.7. The van der Waals surface area contributed by atoms with E-state index >= 15 is 0 Å². The molecule has 0 radical (unpaired) electrons. The number of hydrogen-bond donors (Lipinski definition) is 0. The summed E-state index contributed by atoms with van der Waals surface area (Å²) < 4.78 is 18.5. The Morgan fingerprint density at radius 2 is 1.59 bits per heavy atom. The maximum atomic E-state index is 13.0. The Morgan fingerprint density at radius 3 is 2.24 bits per heavy atom. The fourth-order valence-electron chi connectivity index (χ4n) is 3.13. The molecule has 1 aliphatic heterocycles. The van der Waals surface area contributed by atoms with Crippen molar-refractivity contribution >= 4 is 35.0 Å². The second-order valence-electron chi connectivity index (χ2n) is 6.78. The zero-order valence-electron chi connectivity index (χ0n) is 15.7. The molecule has 0 saturated carbocycles. The van der Waals surface area contributed by atoms with E-state index in [0.717, 1.165) is 5.56 Å². The van der Waals surface area contributed by atoms with Gasteiger partial charge in [-0.05, 0) is 42.3 Å². The Kier molecular flexibility index (Phi) is 7.34. The molecule has 2 amide bonds. The van der Waals surface area contributed by atoms with E-state index in [2.05, 4.69) is 0 Å². The van der Waals surface area contributed by atoms with Crippen LogP contribution in [0.15, 0.2) is 42.5 Å². The first kappa shape index (κ1) is 21.4. The number of halogens is 3. The topological polar surface area (TPSA) is 49.9 Å². The molecule has 1 fully saturated rings. The Labute approximate surface area is 178 Å². The van der Waals surface area contributed by atoms with Crippen molar-refractivity contribution < 1.29 is 18.7 Å². The van der Waals surface area contributed by atoms with Crippen molar-refractivity contribution in [1.82, 2.24) is 9.80 Å². The predicted octanol–water partition coefficient (Wildman–Crippen LogP) is 3.81. The summed E-state index contributed by atoms with van der Waals surface area (Å²) in [5.74, 6) is -0.124. The minimum atomic E-state index is -0.327. The van der Waals surface area contributed by atoms with Gasteiger partial charge in [-0.25, -0.2) is 4.39 Å². The van der Waals surface area contributed by atoms with Crippen LogP contribution >= 0.6 is 23.2 Å². The average Bonchev–Trinajstić information content (AvgIpc) is 2.95. The summed E-state index contributed by atoms with van der Waals surface area (Å²) in [5, 5.41) is 0.838. The van der Waals surface area contributed by atoms with Gasteiger partial charge in [-0.1, -0.05) is 35.3 Å². The van der Waals surface area contributed by atoms with Crippen LogP contribution in [0.3, 0.4) is 0 Å². The van der Waals surface area contributed by atoms with Crippen LogP contribution in [-0.4, -0.2) is 54.4 Å². The lowest BCUT2D eigenvalue weighted by Crippen LogP contribution is -2.39. The molecule has 2 aromatic carbocycles. The molecule has 8 heteroatoms. The van der Waals surface area contributed by atoms with Gasteiger partial charge < -0.3 is 14.5 Å². The zero-order chi connectivity index (χ0) is 20.8. The van der Waals surface area contributed by atoms with Crippen LogP contribution in [0.25, 0.3) is 0 Å². The lowest BCUT2D eigenvalue weighted by Gasteiger charge is -2.22. The van der Waals surface area contributed by atoms with Crippen molar-refractivity contribution in [1.29, 1.82) is 0 Å². The van der Waals surface area contributed by atoms with Crippen molar-refractivity contribution in [3.8, 4) is 5.75 Å². The molecule has 0 unspecified atom stereocenters. The van der Waals surface area contributed by atoms with Gasteiger partial charge in [0.1, 0.15) is 11.6 Å². The Hall–Kier alpha value is -2.31. The third-order valence-corrected chi connectivity index (χ3v) is 5.25. The third-order valence-electron chi connectivity index (χ3n) is 4.71. The van der Waals surface area contributed by atoms with Crippen LogP contribution in [-0.2, 0) is 16.0 Å². The minimum absolute atomic E-state index is 0.0323. The number of nitrogens with zero attached hydrogens (tertiary/aromatic N) is 2. The van der Waals surface area contributed by atoms with E-state index in [-0.39, 0.29) is 30.7 Å². The minimum Gasteiger partial charge on any atom is -0.482 e. The van der Waals surface area contributed by atoms with Crippen LogP contribution in [0.5, 0.6) is 5.75 Å². The van der Waals surface area contributed by atoms with Crippen LogP contribution in [0.1, 0.15) is 12.0 Å². The van der Waals surface area contributed by atoms with Gasteiger partial charge in [0.05, 0.1) is 11.4 Å². The molecule has 5 nitrogen and oxygen atoms in total. The van der Waals surface area contributed by atoms with Gasteiger partial charge in [-0.2, -0.15) is 0 Å².